The topological polar surface area (TPSA) is 84.2 Å². The van der Waals surface area contributed by atoms with Crippen molar-refractivity contribution in [2.45, 2.75) is 39.2 Å². The molecule has 0 radical (unpaired) electrons. The van der Waals surface area contributed by atoms with E-state index >= 15 is 0 Å². The number of nitrogens with one attached hydrogen (secondary N) is 1. The van der Waals surface area contributed by atoms with Crippen LogP contribution in [0.4, 0.5) is 0 Å². The number of nitrogens with zero attached hydrogens (tertiary/aromatic N) is 2. The second-order valence-electron chi connectivity index (χ2n) is 4.32. The molecule has 0 bridgehead atoms. The van der Waals surface area contributed by atoms with Crippen LogP contribution in [0.15, 0.2) is 16.9 Å². The Morgan fingerprint density at radius 3 is 2.84 bits per heavy atom. The zero-order chi connectivity index (χ0) is 14.1. The number of aryl methyl sites for hydroxylation is 1. The lowest BCUT2D eigenvalue weighted by Gasteiger charge is -2.06. The van der Waals surface area contributed by atoms with E-state index in [4.69, 9.17) is 5.11 Å². The van der Waals surface area contributed by atoms with Crippen LogP contribution in [0.25, 0.3) is 0 Å². The van der Waals surface area contributed by atoms with Crippen molar-refractivity contribution in [1.82, 2.24) is 15.1 Å². The van der Waals surface area contributed by atoms with Crippen molar-refractivity contribution in [3.05, 3.63) is 28.2 Å². The van der Waals surface area contributed by atoms with Crippen molar-refractivity contribution in [3.8, 4) is 0 Å². The Morgan fingerprint density at radius 2 is 2.16 bits per heavy atom. The maximum atomic E-state index is 11.8. The van der Waals surface area contributed by atoms with Crippen LogP contribution in [0, 0.1) is 0 Å². The summed E-state index contributed by atoms with van der Waals surface area (Å²) in [6, 6.07) is 2.81. The van der Waals surface area contributed by atoms with Gasteiger partial charge in [-0.15, -0.1) is 0 Å². The fourth-order valence-electron chi connectivity index (χ4n) is 1.65. The van der Waals surface area contributed by atoms with Gasteiger partial charge < -0.3 is 10.4 Å². The molecule has 1 rings (SSSR count). The van der Waals surface area contributed by atoms with Gasteiger partial charge in [-0.1, -0.05) is 6.92 Å². The van der Waals surface area contributed by atoms with E-state index in [0.717, 1.165) is 25.7 Å². The Hall–Kier alpha value is -1.69. The number of unbranched alkanes of at least 4 members (excludes halogenated alkanes) is 2. The Kier molecular flexibility index (Phi) is 6.81. The second kappa shape index (κ2) is 8.42. The van der Waals surface area contributed by atoms with E-state index < -0.39 is 0 Å². The average Bonchev–Trinajstić information content (AvgIpc) is 2.41. The van der Waals surface area contributed by atoms with E-state index in [9.17, 15) is 9.59 Å². The lowest BCUT2D eigenvalue weighted by Crippen LogP contribution is -2.30. The summed E-state index contributed by atoms with van der Waals surface area (Å²) in [5, 5.41) is 15.4. The van der Waals surface area contributed by atoms with E-state index in [1.165, 1.54) is 16.8 Å². The molecular weight excluding hydrogens is 246 g/mol. The Bertz CT molecular complexity index is 457. The maximum Gasteiger partial charge on any atom is 0.271 e. The van der Waals surface area contributed by atoms with Gasteiger partial charge in [0.1, 0.15) is 5.69 Å². The van der Waals surface area contributed by atoms with E-state index in [0.29, 0.717) is 13.1 Å². The molecule has 0 fully saturated rings. The summed E-state index contributed by atoms with van der Waals surface area (Å²) < 4.78 is 1.31. The minimum atomic E-state index is -0.270. The molecule has 0 aliphatic heterocycles. The van der Waals surface area contributed by atoms with Crippen molar-refractivity contribution in [2.75, 3.05) is 13.2 Å². The Labute approximate surface area is 112 Å². The molecule has 0 aromatic carbocycles. The number of aliphatic hydroxyl groups excluding tert-OH is 1. The molecule has 106 valence electrons. The first kappa shape index (κ1) is 15.4. The largest absolute Gasteiger partial charge is 0.396 e. The maximum absolute atomic E-state index is 11.8. The van der Waals surface area contributed by atoms with Gasteiger partial charge in [-0.2, -0.15) is 5.10 Å². The molecule has 1 heterocycles. The quantitative estimate of drug-likeness (QED) is 0.673. The van der Waals surface area contributed by atoms with Crippen molar-refractivity contribution in [1.29, 1.82) is 0 Å². The molecule has 19 heavy (non-hydrogen) atoms. The molecule has 0 saturated heterocycles. The van der Waals surface area contributed by atoms with Crippen LogP contribution in [-0.4, -0.2) is 33.9 Å². The number of rotatable bonds is 8. The first-order chi connectivity index (χ1) is 9.19. The van der Waals surface area contributed by atoms with Crippen LogP contribution in [0.2, 0.25) is 0 Å². The number of hydrogen-bond donors (Lipinski definition) is 2. The van der Waals surface area contributed by atoms with Gasteiger partial charge in [0.05, 0.1) is 0 Å². The fourth-order valence-corrected chi connectivity index (χ4v) is 1.65. The second-order valence-corrected chi connectivity index (χ2v) is 4.32. The molecule has 0 spiro atoms. The van der Waals surface area contributed by atoms with Crippen molar-refractivity contribution in [2.24, 2.45) is 0 Å². The minimum Gasteiger partial charge on any atom is -0.396 e. The molecule has 0 unspecified atom stereocenters. The van der Waals surface area contributed by atoms with Crippen LogP contribution < -0.4 is 10.9 Å². The highest BCUT2D eigenvalue weighted by Gasteiger charge is 2.08. The third-order valence-electron chi connectivity index (χ3n) is 2.66. The molecule has 1 aromatic heterocycles. The Balaban J connectivity index is 2.52. The van der Waals surface area contributed by atoms with E-state index in [1.54, 1.807) is 0 Å². The number of carbonyl (C=O) groups excluding carboxylic acids is 1. The lowest BCUT2D eigenvalue weighted by atomic mass is 10.2. The highest BCUT2D eigenvalue weighted by Crippen LogP contribution is 1.95. The summed E-state index contributed by atoms with van der Waals surface area (Å²) in [6.07, 6.45) is 3.23. The van der Waals surface area contributed by atoms with Crippen LogP contribution in [0.3, 0.4) is 0 Å². The molecule has 6 heteroatoms. The Morgan fingerprint density at radius 1 is 1.37 bits per heavy atom. The van der Waals surface area contributed by atoms with Crippen LogP contribution in [0.1, 0.15) is 43.1 Å². The summed E-state index contributed by atoms with van der Waals surface area (Å²) in [5.74, 6) is -0.270. The van der Waals surface area contributed by atoms with Gasteiger partial charge in [0, 0.05) is 25.8 Å². The normalized spacial score (nSPS) is 10.4. The fraction of sp³-hybridized carbons (Fsp3) is 0.615. The molecule has 0 atom stereocenters. The van der Waals surface area contributed by atoms with E-state index in [2.05, 4.69) is 10.4 Å². The SMILES string of the molecule is CCCn1nc(C(=O)NCCCCCO)ccc1=O. The molecule has 2 N–H and O–H groups in total. The summed E-state index contributed by atoms with van der Waals surface area (Å²) in [5.41, 5.74) is 0.0663. The first-order valence-corrected chi connectivity index (χ1v) is 6.66. The van der Waals surface area contributed by atoms with Crippen molar-refractivity contribution in [3.63, 3.8) is 0 Å². The van der Waals surface area contributed by atoms with Gasteiger partial charge in [0.25, 0.3) is 11.5 Å². The third-order valence-corrected chi connectivity index (χ3v) is 2.66. The first-order valence-electron chi connectivity index (χ1n) is 6.66. The molecule has 1 aromatic rings. The number of aromatic nitrogens is 2. The summed E-state index contributed by atoms with van der Waals surface area (Å²) in [4.78, 5) is 23.3. The van der Waals surface area contributed by atoms with Crippen LogP contribution in [0.5, 0.6) is 0 Å². The molecule has 0 aliphatic carbocycles. The number of amides is 1. The zero-order valence-electron chi connectivity index (χ0n) is 11.3. The third kappa shape index (κ3) is 5.21. The lowest BCUT2D eigenvalue weighted by molar-refractivity contribution is 0.0945. The zero-order valence-corrected chi connectivity index (χ0v) is 11.3. The van der Waals surface area contributed by atoms with Gasteiger partial charge >= 0.3 is 0 Å². The standard InChI is InChI=1S/C13H21N3O3/c1-2-9-16-12(18)7-6-11(15-16)13(19)14-8-4-3-5-10-17/h6-7,17H,2-5,8-10H2,1H3,(H,14,19). The van der Waals surface area contributed by atoms with Crippen LogP contribution in [-0.2, 0) is 6.54 Å². The molecule has 1 amide bonds. The van der Waals surface area contributed by atoms with E-state index in [1.807, 2.05) is 6.92 Å². The highest BCUT2D eigenvalue weighted by molar-refractivity contribution is 5.91. The summed E-state index contributed by atoms with van der Waals surface area (Å²) in [7, 11) is 0. The molecular formula is C13H21N3O3. The summed E-state index contributed by atoms with van der Waals surface area (Å²) >= 11 is 0. The van der Waals surface area contributed by atoms with Gasteiger partial charge in [0.15, 0.2) is 0 Å². The summed E-state index contributed by atoms with van der Waals surface area (Å²) in [6.45, 7) is 3.18. The van der Waals surface area contributed by atoms with Gasteiger partial charge in [-0.3, -0.25) is 9.59 Å². The average molecular weight is 267 g/mol. The van der Waals surface area contributed by atoms with Crippen molar-refractivity contribution >= 4 is 5.91 Å². The van der Waals surface area contributed by atoms with Crippen LogP contribution >= 0.6 is 0 Å². The van der Waals surface area contributed by atoms with Crippen molar-refractivity contribution < 1.29 is 9.90 Å². The van der Waals surface area contributed by atoms with Gasteiger partial charge in [0.2, 0.25) is 0 Å². The molecule has 0 aliphatic rings. The number of hydrogen-bond acceptors (Lipinski definition) is 4. The van der Waals surface area contributed by atoms with E-state index in [-0.39, 0.29) is 23.8 Å². The highest BCUT2D eigenvalue weighted by atomic mass is 16.3. The number of aliphatic hydroxyl groups is 1. The predicted octanol–water partition coefficient (Wildman–Crippen LogP) is 0.546. The smallest absolute Gasteiger partial charge is 0.271 e. The minimum absolute atomic E-state index is 0.178. The molecule has 6 nitrogen and oxygen atoms in total. The van der Waals surface area contributed by atoms with Gasteiger partial charge in [-0.25, -0.2) is 4.68 Å². The van der Waals surface area contributed by atoms with Gasteiger partial charge in [-0.05, 0) is 31.7 Å². The predicted molar refractivity (Wildman–Crippen MR) is 72.1 cm³/mol. The number of carbonyl (C=O) groups is 1. The monoisotopic (exact) mass is 267 g/mol. The molecule has 0 saturated carbocycles.